The van der Waals surface area contributed by atoms with Crippen LogP contribution in [-0.2, 0) is 19.0 Å². The largest absolute Gasteiger partial charge is 0.459 e. The Labute approximate surface area is 216 Å². The van der Waals surface area contributed by atoms with Crippen molar-refractivity contribution in [2.75, 3.05) is 0 Å². The van der Waals surface area contributed by atoms with Gasteiger partial charge < -0.3 is 24.4 Å². The van der Waals surface area contributed by atoms with Crippen LogP contribution in [0.4, 0.5) is 0 Å². The summed E-state index contributed by atoms with van der Waals surface area (Å²) in [5.74, 6) is 0.398. The molecular formula is C30H44O6. The average molecular weight is 501 g/mol. The molecule has 4 rings (SSSR count). The fraction of sp³-hybridized carbons (Fsp3) is 0.700. The lowest BCUT2D eigenvalue weighted by molar-refractivity contribution is -0.154. The second-order valence-corrected chi connectivity index (χ2v) is 11.2. The van der Waals surface area contributed by atoms with Crippen LogP contribution in [-0.4, -0.2) is 58.9 Å². The van der Waals surface area contributed by atoms with Crippen molar-refractivity contribution in [3.8, 4) is 0 Å². The molecule has 0 saturated carbocycles. The van der Waals surface area contributed by atoms with Gasteiger partial charge >= 0.3 is 5.97 Å². The van der Waals surface area contributed by atoms with Crippen LogP contribution in [0.3, 0.4) is 0 Å². The fourth-order valence-corrected chi connectivity index (χ4v) is 5.79. The third kappa shape index (κ3) is 8.41. The number of aliphatic hydroxyl groups is 2. The van der Waals surface area contributed by atoms with E-state index in [9.17, 15) is 15.0 Å². The summed E-state index contributed by atoms with van der Waals surface area (Å²) >= 11 is 0. The van der Waals surface area contributed by atoms with Gasteiger partial charge in [-0.3, -0.25) is 4.79 Å². The maximum atomic E-state index is 12.7. The van der Waals surface area contributed by atoms with Crippen LogP contribution in [0.1, 0.15) is 77.6 Å². The van der Waals surface area contributed by atoms with E-state index in [1.54, 1.807) is 6.08 Å². The third-order valence-electron chi connectivity index (χ3n) is 7.76. The Morgan fingerprint density at radius 3 is 2.78 bits per heavy atom. The monoisotopic (exact) mass is 500 g/mol. The molecule has 6 heteroatoms. The molecule has 1 aliphatic carbocycles. The Hall–Kier alpha value is -1.73. The molecule has 2 bridgehead atoms. The highest BCUT2D eigenvalue weighted by atomic mass is 16.6. The van der Waals surface area contributed by atoms with E-state index in [4.69, 9.17) is 14.2 Å². The smallest absolute Gasteiger partial charge is 0.306 e. The molecule has 6 unspecified atom stereocenters. The van der Waals surface area contributed by atoms with Crippen molar-refractivity contribution in [2.24, 2.45) is 11.8 Å². The van der Waals surface area contributed by atoms with Gasteiger partial charge in [-0.05, 0) is 69.6 Å². The van der Waals surface area contributed by atoms with E-state index in [-0.39, 0.29) is 36.8 Å². The fourth-order valence-electron chi connectivity index (χ4n) is 5.79. The Bertz CT molecular complexity index is 831. The molecule has 4 aliphatic rings. The Balaban J connectivity index is 1.41. The van der Waals surface area contributed by atoms with Gasteiger partial charge in [0.15, 0.2) is 0 Å². The zero-order chi connectivity index (χ0) is 25.5. The Morgan fingerprint density at radius 2 is 1.97 bits per heavy atom. The highest BCUT2D eigenvalue weighted by Gasteiger charge is 2.46. The van der Waals surface area contributed by atoms with E-state index >= 15 is 0 Å². The van der Waals surface area contributed by atoms with Crippen LogP contribution in [0.5, 0.6) is 0 Å². The number of carbonyl (C=O) groups excluding carboxylic acids is 1. The molecular weight excluding hydrogens is 456 g/mol. The molecule has 2 fully saturated rings. The van der Waals surface area contributed by atoms with E-state index in [0.717, 1.165) is 50.5 Å². The molecule has 3 aliphatic heterocycles. The average Bonchev–Trinajstić information content (AvgIpc) is 3.62. The lowest BCUT2D eigenvalue weighted by Gasteiger charge is -2.28. The number of cyclic esters (lactones) is 1. The Kier molecular flexibility index (Phi) is 10.00. The maximum absolute atomic E-state index is 12.7. The third-order valence-corrected chi connectivity index (χ3v) is 7.76. The van der Waals surface area contributed by atoms with Gasteiger partial charge in [-0.15, -0.1) is 0 Å². The number of hydrogen-bond donors (Lipinski definition) is 2. The standard InChI is InChI=1S/C30H44O6/c1-20-16-21(2)18-26(32)30-28(36-30)19-27(25(31)15-14-22-8-4-3-5-9-22)35-29(33)13-7-11-23-10-6-12-24(17-20)34-23/h4,6,8,10,14-15,20,22-28,30-32H,2-3,5,7,9,11-13,16-19H2,1H3/b15-14+/t20?,22?,23?,24-,25?,26-,27?,28-,30?/m0/s1. The van der Waals surface area contributed by atoms with E-state index in [1.807, 2.05) is 6.08 Å². The number of hydrogen-bond acceptors (Lipinski definition) is 6. The summed E-state index contributed by atoms with van der Waals surface area (Å²) in [6.07, 6.45) is 18.3. The van der Waals surface area contributed by atoms with Crippen molar-refractivity contribution in [2.45, 2.75) is 120 Å². The molecule has 0 aromatic rings. The normalized spacial score (nSPS) is 39.6. The number of ether oxygens (including phenoxy) is 3. The van der Waals surface area contributed by atoms with E-state index < -0.39 is 18.3 Å². The SMILES string of the molecule is C=C1CC(C)C[C@@H]2CC=CC(CCCC(=O)OC(C(O)/C=C/C3C=CCCC3)C[C@@H]3OC3[C@@H](O)C1)O2. The van der Waals surface area contributed by atoms with Gasteiger partial charge in [0, 0.05) is 12.8 Å². The summed E-state index contributed by atoms with van der Waals surface area (Å²) in [5, 5.41) is 21.7. The second-order valence-electron chi connectivity index (χ2n) is 11.2. The Morgan fingerprint density at radius 1 is 1.11 bits per heavy atom. The first-order chi connectivity index (χ1) is 17.4. The molecule has 0 spiro atoms. The van der Waals surface area contributed by atoms with Gasteiger partial charge in [-0.2, -0.15) is 0 Å². The summed E-state index contributed by atoms with van der Waals surface area (Å²) in [7, 11) is 0. The molecule has 0 aromatic carbocycles. The summed E-state index contributed by atoms with van der Waals surface area (Å²) < 4.78 is 17.8. The van der Waals surface area contributed by atoms with Crippen molar-refractivity contribution < 1.29 is 29.2 Å². The first kappa shape index (κ1) is 27.3. The molecule has 9 atom stereocenters. The zero-order valence-electron chi connectivity index (χ0n) is 21.7. The van der Waals surface area contributed by atoms with Crippen molar-refractivity contribution in [3.05, 3.63) is 48.6 Å². The number of fused-ring (bicyclic) bond motifs is 3. The number of aliphatic hydroxyl groups excluding tert-OH is 2. The van der Waals surface area contributed by atoms with Gasteiger partial charge in [-0.1, -0.05) is 55.5 Å². The number of epoxide rings is 1. The number of rotatable bonds is 3. The summed E-state index contributed by atoms with van der Waals surface area (Å²) in [6.45, 7) is 6.42. The summed E-state index contributed by atoms with van der Waals surface area (Å²) in [5.41, 5.74) is 1.01. The van der Waals surface area contributed by atoms with Gasteiger partial charge in [0.25, 0.3) is 0 Å². The summed E-state index contributed by atoms with van der Waals surface area (Å²) in [4.78, 5) is 12.7. The summed E-state index contributed by atoms with van der Waals surface area (Å²) in [6, 6.07) is 0. The highest BCUT2D eigenvalue weighted by molar-refractivity contribution is 5.69. The lowest BCUT2D eigenvalue weighted by Crippen LogP contribution is -2.33. The molecule has 2 N–H and O–H groups in total. The maximum Gasteiger partial charge on any atom is 0.306 e. The van der Waals surface area contributed by atoms with Crippen LogP contribution in [0.2, 0.25) is 0 Å². The van der Waals surface area contributed by atoms with Crippen molar-refractivity contribution >= 4 is 5.97 Å². The molecule has 0 radical (unpaired) electrons. The van der Waals surface area contributed by atoms with Crippen LogP contribution >= 0.6 is 0 Å². The van der Waals surface area contributed by atoms with Gasteiger partial charge in [0.05, 0.1) is 24.4 Å². The first-order valence-electron chi connectivity index (χ1n) is 13.9. The highest BCUT2D eigenvalue weighted by Crippen LogP contribution is 2.35. The molecule has 2 saturated heterocycles. The van der Waals surface area contributed by atoms with Crippen LogP contribution in [0, 0.1) is 11.8 Å². The second kappa shape index (κ2) is 13.2. The van der Waals surface area contributed by atoms with Crippen LogP contribution in [0.15, 0.2) is 48.6 Å². The van der Waals surface area contributed by atoms with Crippen LogP contribution < -0.4 is 0 Å². The van der Waals surface area contributed by atoms with Gasteiger partial charge in [0.2, 0.25) is 0 Å². The number of carbonyl (C=O) groups is 1. The van der Waals surface area contributed by atoms with Crippen molar-refractivity contribution in [1.82, 2.24) is 0 Å². The number of allylic oxidation sites excluding steroid dienone is 3. The molecule has 3 heterocycles. The number of esters is 1. The molecule has 6 nitrogen and oxygen atoms in total. The minimum atomic E-state index is -0.918. The van der Waals surface area contributed by atoms with E-state index in [2.05, 4.69) is 37.8 Å². The quantitative estimate of drug-likeness (QED) is 0.324. The van der Waals surface area contributed by atoms with Crippen LogP contribution in [0.25, 0.3) is 0 Å². The van der Waals surface area contributed by atoms with Gasteiger partial charge in [-0.25, -0.2) is 0 Å². The van der Waals surface area contributed by atoms with E-state index in [0.29, 0.717) is 31.1 Å². The predicted octanol–water partition coefficient (Wildman–Crippen LogP) is 4.95. The topological polar surface area (TPSA) is 88.5 Å². The lowest BCUT2D eigenvalue weighted by atomic mass is 9.90. The molecule has 200 valence electrons. The van der Waals surface area contributed by atoms with Crippen molar-refractivity contribution in [1.29, 1.82) is 0 Å². The minimum Gasteiger partial charge on any atom is -0.459 e. The van der Waals surface area contributed by atoms with E-state index in [1.165, 1.54) is 0 Å². The molecule has 0 amide bonds. The first-order valence-corrected chi connectivity index (χ1v) is 13.9. The van der Waals surface area contributed by atoms with Crippen molar-refractivity contribution in [3.63, 3.8) is 0 Å². The molecule has 0 aromatic heterocycles. The minimum absolute atomic E-state index is 0.0150. The van der Waals surface area contributed by atoms with Gasteiger partial charge in [0.1, 0.15) is 18.3 Å². The predicted molar refractivity (Wildman–Crippen MR) is 139 cm³/mol. The molecule has 36 heavy (non-hydrogen) atoms. The zero-order valence-corrected chi connectivity index (χ0v) is 21.7.